The van der Waals surface area contributed by atoms with Crippen LogP contribution in [0.1, 0.15) is 11.1 Å². The fourth-order valence-electron chi connectivity index (χ4n) is 2.66. The van der Waals surface area contributed by atoms with Crippen molar-refractivity contribution in [2.45, 2.75) is 6.18 Å². The number of anilines is 2. The van der Waals surface area contributed by atoms with Gasteiger partial charge in [0.1, 0.15) is 17.3 Å². The molecule has 3 rings (SSSR count). The van der Waals surface area contributed by atoms with Gasteiger partial charge in [0, 0.05) is 11.8 Å². The highest BCUT2D eigenvalue weighted by Crippen LogP contribution is 2.34. The molecule has 0 atom stereocenters. The number of nitro groups is 1. The molecule has 0 aliphatic rings. The van der Waals surface area contributed by atoms with Crippen molar-refractivity contribution in [1.82, 2.24) is 0 Å². The van der Waals surface area contributed by atoms with Gasteiger partial charge in [-0.3, -0.25) is 20.3 Å². The van der Waals surface area contributed by atoms with Gasteiger partial charge in [-0.1, -0.05) is 0 Å². The Morgan fingerprint density at radius 3 is 2.35 bits per heavy atom. The van der Waals surface area contributed by atoms with Gasteiger partial charge < -0.3 is 10.1 Å². The maximum atomic E-state index is 12.9. The molecule has 3 aromatic carbocycles. The number of benzene rings is 3. The zero-order chi connectivity index (χ0) is 24.7. The van der Waals surface area contributed by atoms with Gasteiger partial charge in [-0.15, -0.1) is 0 Å². The van der Waals surface area contributed by atoms with Gasteiger partial charge in [0.15, 0.2) is 6.61 Å². The summed E-state index contributed by atoms with van der Waals surface area (Å²) in [6, 6.07) is 13.6. The lowest BCUT2D eigenvalue weighted by Crippen LogP contribution is -2.20. The van der Waals surface area contributed by atoms with Crippen molar-refractivity contribution in [3.05, 3.63) is 93.8 Å². The first-order valence-electron chi connectivity index (χ1n) is 9.55. The van der Waals surface area contributed by atoms with Crippen LogP contribution in [0, 0.1) is 15.9 Å². The van der Waals surface area contributed by atoms with Crippen molar-refractivity contribution >= 4 is 29.2 Å². The molecule has 1 amide bonds. The average Bonchev–Trinajstić information content (AvgIpc) is 2.79. The monoisotopic (exact) mass is 476 g/mol. The molecule has 0 unspecified atom stereocenters. The number of amides is 1. The van der Waals surface area contributed by atoms with Crippen LogP contribution in [0.25, 0.3) is 0 Å². The molecule has 0 aliphatic heterocycles. The molecule has 0 aliphatic carbocycles. The molecule has 3 aromatic rings. The van der Waals surface area contributed by atoms with E-state index in [0.29, 0.717) is 29.1 Å². The summed E-state index contributed by atoms with van der Waals surface area (Å²) in [5, 5.41) is 17.4. The van der Waals surface area contributed by atoms with Crippen LogP contribution in [-0.2, 0) is 11.0 Å². The van der Waals surface area contributed by atoms with Gasteiger partial charge in [-0.2, -0.15) is 18.3 Å². The maximum absolute atomic E-state index is 12.9. The highest BCUT2D eigenvalue weighted by atomic mass is 19.4. The SMILES string of the molecule is O=C(COc1ccc(/C=N\Nc2ccc(C(F)(F)F)cc2[N+](=O)[O-])cc1)Nc1ccc(F)cc1. The number of nitrogens with one attached hydrogen (secondary N) is 2. The Morgan fingerprint density at radius 2 is 1.74 bits per heavy atom. The first kappa shape index (κ1) is 24.2. The summed E-state index contributed by atoms with van der Waals surface area (Å²) < 4.78 is 56.5. The Hall–Kier alpha value is -4.48. The zero-order valence-corrected chi connectivity index (χ0v) is 17.2. The lowest BCUT2D eigenvalue weighted by atomic mass is 10.1. The van der Waals surface area contributed by atoms with Crippen molar-refractivity contribution in [2.24, 2.45) is 5.10 Å². The molecule has 34 heavy (non-hydrogen) atoms. The number of hydrogen-bond acceptors (Lipinski definition) is 6. The molecule has 176 valence electrons. The minimum absolute atomic E-state index is 0.207. The number of alkyl halides is 3. The van der Waals surface area contributed by atoms with Gasteiger partial charge >= 0.3 is 6.18 Å². The molecule has 8 nitrogen and oxygen atoms in total. The summed E-state index contributed by atoms with van der Waals surface area (Å²) in [5.41, 5.74) is 1.20. The topological polar surface area (TPSA) is 106 Å². The van der Waals surface area contributed by atoms with Crippen molar-refractivity contribution in [3.8, 4) is 5.75 Å². The maximum Gasteiger partial charge on any atom is 0.416 e. The highest BCUT2D eigenvalue weighted by Gasteiger charge is 2.33. The fourth-order valence-corrected chi connectivity index (χ4v) is 2.66. The molecule has 0 fully saturated rings. The molecule has 0 radical (unpaired) electrons. The van der Waals surface area contributed by atoms with Crippen LogP contribution >= 0.6 is 0 Å². The second-order valence-corrected chi connectivity index (χ2v) is 6.77. The van der Waals surface area contributed by atoms with Crippen LogP contribution in [0.2, 0.25) is 0 Å². The standard InChI is InChI=1S/C22H16F4N4O4/c23-16-4-6-17(7-5-16)28-21(31)13-34-18-8-1-14(2-9-18)12-27-29-19-10-3-15(22(24,25)26)11-20(19)30(32)33/h1-12,29H,13H2,(H,28,31)/b27-12-. The molecular formula is C22H16F4N4O4. The predicted molar refractivity (Wildman–Crippen MR) is 116 cm³/mol. The highest BCUT2D eigenvalue weighted by molar-refractivity contribution is 5.91. The third-order valence-electron chi connectivity index (χ3n) is 4.30. The third kappa shape index (κ3) is 6.76. The number of hydrogen-bond donors (Lipinski definition) is 2. The number of nitrogens with zero attached hydrogens (tertiary/aromatic N) is 2. The molecule has 0 saturated carbocycles. The van der Waals surface area contributed by atoms with Crippen LogP contribution in [0.15, 0.2) is 71.8 Å². The Balaban J connectivity index is 1.55. The normalized spacial score (nSPS) is 11.3. The van der Waals surface area contributed by atoms with E-state index in [1.54, 1.807) is 24.3 Å². The Kier molecular flexibility index (Phi) is 7.41. The van der Waals surface area contributed by atoms with E-state index in [1.807, 2.05) is 0 Å². The fraction of sp³-hybridized carbons (Fsp3) is 0.0909. The van der Waals surface area contributed by atoms with Crippen molar-refractivity contribution < 1.29 is 32.0 Å². The Bertz CT molecular complexity index is 1200. The van der Waals surface area contributed by atoms with Crippen LogP contribution < -0.4 is 15.5 Å². The molecule has 0 aromatic heterocycles. The minimum atomic E-state index is -4.71. The Morgan fingerprint density at radius 1 is 1.06 bits per heavy atom. The molecule has 0 spiro atoms. The van der Waals surface area contributed by atoms with Crippen molar-refractivity contribution in [3.63, 3.8) is 0 Å². The lowest BCUT2D eigenvalue weighted by Gasteiger charge is -2.08. The van der Waals surface area contributed by atoms with E-state index in [4.69, 9.17) is 4.74 Å². The number of carbonyl (C=O) groups is 1. The number of rotatable bonds is 8. The van der Waals surface area contributed by atoms with Gasteiger partial charge in [0.05, 0.1) is 16.7 Å². The van der Waals surface area contributed by atoms with E-state index in [0.717, 1.165) is 6.07 Å². The summed E-state index contributed by atoms with van der Waals surface area (Å²) >= 11 is 0. The van der Waals surface area contributed by atoms with E-state index in [9.17, 15) is 32.5 Å². The third-order valence-corrected chi connectivity index (χ3v) is 4.30. The van der Waals surface area contributed by atoms with E-state index in [-0.39, 0.29) is 12.3 Å². The predicted octanol–water partition coefficient (Wildman–Crippen LogP) is 5.22. The summed E-state index contributed by atoms with van der Waals surface area (Å²) in [7, 11) is 0. The number of ether oxygens (including phenoxy) is 1. The first-order valence-corrected chi connectivity index (χ1v) is 9.55. The molecule has 0 saturated heterocycles. The van der Waals surface area contributed by atoms with Gasteiger partial charge in [0.25, 0.3) is 11.6 Å². The first-order chi connectivity index (χ1) is 16.1. The largest absolute Gasteiger partial charge is 0.484 e. The van der Waals surface area contributed by atoms with Gasteiger partial charge in [-0.25, -0.2) is 4.39 Å². The van der Waals surface area contributed by atoms with Crippen LogP contribution in [0.3, 0.4) is 0 Å². The second-order valence-electron chi connectivity index (χ2n) is 6.77. The van der Waals surface area contributed by atoms with Crippen LogP contribution in [0.4, 0.5) is 34.6 Å². The number of carbonyl (C=O) groups excluding carboxylic acids is 1. The molecule has 0 bridgehead atoms. The second kappa shape index (κ2) is 10.4. The smallest absolute Gasteiger partial charge is 0.416 e. The molecule has 0 heterocycles. The number of halogens is 4. The number of hydrazone groups is 1. The zero-order valence-electron chi connectivity index (χ0n) is 17.2. The quantitative estimate of drug-likeness (QED) is 0.201. The van der Waals surface area contributed by atoms with Crippen LogP contribution in [-0.4, -0.2) is 23.7 Å². The summed E-state index contributed by atoms with van der Waals surface area (Å²) in [6.07, 6.45) is -3.41. The van der Waals surface area contributed by atoms with E-state index in [1.165, 1.54) is 30.5 Å². The van der Waals surface area contributed by atoms with Crippen LogP contribution in [0.5, 0.6) is 5.75 Å². The average molecular weight is 476 g/mol. The molecule has 12 heteroatoms. The lowest BCUT2D eigenvalue weighted by molar-refractivity contribution is -0.384. The number of nitro benzene ring substituents is 1. The van der Waals surface area contributed by atoms with Crippen molar-refractivity contribution in [1.29, 1.82) is 0 Å². The van der Waals surface area contributed by atoms with E-state index >= 15 is 0 Å². The van der Waals surface area contributed by atoms with Gasteiger partial charge in [-0.05, 0) is 66.2 Å². The van der Waals surface area contributed by atoms with Crippen molar-refractivity contribution in [2.75, 3.05) is 17.3 Å². The van der Waals surface area contributed by atoms with E-state index in [2.05, 4.69) is 15.8 Å². The van der Waals surface area contributed by atoms with Gasteiger partial charge in [0.2, 0.25) is 0 Å². The molecule has 2 N–H and O–H groups in total. The van der Waals surface area contributed by atoms with E-state index < -0.39 is 34.1 Å². The summed E-state index contributed by atoms with van der Waals surface area (Å²) in [6.45, 7) is -0.288. The molecular weight excluding hydrogens is 460 g/mol. The summed E-state index contributed by atoms with van der Waals surface area (Å²) in [5.74, 6) is -0.497. The summed E-state index contributed by atoms with van der Waals surface area (Å²) in [4.78, 5) is 22.0. The Labute approximate surface area is 190 Å². The minimum Gasteiger partial charge on any atom is -0.484 e.